The lowest BCUT2D eigenvalue weighted by Crippen LogP contribution is -2.65. The summed E-state index contributed by atoms with van der Waals surface area (Å²) < 4.78 is 130. The SMILES string of the molecule is CCC(C(=O)c1c(COCC2CN(C(=O)c3cnn(Cc4ccc(C(F)(F)F)cc4)c3)CC23CN(C(=O)C2(C(F)(F)F)CC2)C3)cccc1C1CCC(C(F)(F)F)CC1)C(C)(C)C. The Balaban J connectivity index is 1.10. The number of hydrogen-bond donors (Lipinski definition) is 0. The first-order valence-corrected chi connectivity index (χ1v) is 21.5. The number of benzene rings is 2. The lowest BCUT2D eigenvalue weighted by atomic mass is 9.71. The molecule has 2 aromatic carbocycles. The molecule has 2 aliphatic carbocycles. The molecule has 4 fully saturated rings. The third kappa shape index (κ3) is 9.40. The molecule has 344 valence electrons. The zero-order chi connectivity index (χ0) is 45.9. The molecule has 17 heteroatoms. The van der Waals surface area contributed by atoms with E-state index in [2.05, 4.69) is 5.10 Å². The summed E-state index contributed by atoms with van der Waals surface area (Å²) in [6.45, 7) is 8.06. The smallest absolute Gasteiger partial charge is 0.376 e. The highest BCUT2D eigenvalue weighted by molar-refractivity contribution is 6.01. The third-order valence-corrected chi connectivity index (χ3v) is 14.0. The molecule has 2 amide bonds. The molecule has 2 saturated carbocycles. The fourth-order valence-corrected chi connectivity index (χ4v) is 10.2. The maximum absolute atomic E-state index is 14.5. The molecule has 0 N–H and O–H groups in total. The largest absolute Gasteiger partial charge is 0.416 e. The summed E-state index contributed by atoms with van der Waals surface area (Å²) in [6, 6.07) is 9.92. The van der Waals surface area contributed by atoms with Crippen molar-refractivity contribution in [2.24, 2.45) is 34.0 Å². The molecular formula is C46H53F9N4O4. The molecule has 2 unspecified atom stereocenters. The van der Waals surface area contributed by atoms with Gasteiger partial charge >= 0.3 is 18.5 Å². The molecular weight excluding hydrogens is 844 g/mol. The van der Waals surface area contributed by atoms with Crippen LogP contribution in [0.2, 0.25) is 0 Å². The van der Waals surface area contributed by atoms with Crippen LogP contribution in [0.25, 0.3) is 0 Å². The van der Waals surface area contributed by atoms with E-state index >= 15 is 0 Å². The summed E-state index contributed by atoms with van der Waals surface area (Å²) in [7, 11) is 0. The molecule has 2 atom stereocenters. The predicted octanol–water partition coefficient (Wildman–Crippen LogP) is 10.5. The Kier molecular flexibility index (Phi) is 12.5. The Labute approximate surface area is 360 Å². The molecule has 1 aromatic heterocycles. The minimum absolute atomic E-state index is 0.0223. The van der Waals surface area contributed by atoms with Crippen LogP contribution in [0.15, 0.2) is 54.9 Å². The molecule has 2 saturated heterocycles. The van der Waals surface area contributed by atoms with Gasteiger partial charge in [-0.15, -0.1) is 0 Å². The van der Waals surface area contributed by atoms with Crippen LogP contribution < -0.4 is 0 Å². The van der Waals surface area contributed by atoms with Crippen molar-refractivity contribution in [3.63, 3.8) is 0 Å². The molecule has 0 radical (unpaired) electrons. The second kappa shape index (κ2) is 16.9. The number of alkyl halides is 9. The number of aromatic nitrogens is 2. The van der Waals surface area contributed by atoms with Gasteiger partial charge < -0.3 is 14.5 Å². The van der Waals surface area contributed by atoms with Crippen LogP contribution in [0.3, 0.4) is 0 Å². The molecule has 4 aliphatic rings. The van der Waals surface area contributed by atoms with Crippen LogP contribution in [0.5, 0.6) is 0 Å². The van der Waals surface area contributed by atoms with E-state index in [1.54, 1.807) is 17.0 Å². The van der Waals surface area contributed by atoms with Crippen LogP contribution in [0.4, 0.5) is 39.5 Å². The maximum atomic E-state index is 14.5. The number of rotatable bonds is 12. The highest BCUT2D eigenvalue weighted by Gasteiger charge is 2.71. The van der Waals surface area contributed by atoms with Crippen LogP contribution in [-0.4, -0.2) is 82.3 Å². The van der Waals surface area contributed by atoms with Crippen molar-refractivity contribution < 1.29 is 58.6 Å². The molecule has 3 aromatic rings. The van der Waals surface area contributed by atoms with Gasteiger partial charge in [0.1, 0.15) is 5.41 Å². The molecule has 7 rings (SSSR count). The number of ketones is 1. The number of carbonyl (C=O) groups is 3. The van der Waals surface area contributed by atoms with Crippen molar-refractivity contribution in [3.05, 3.63) is 88.2 Å². The Morgan fingerprint density at radius 3 is 2.05 bits per heavy atom. The van der Waals surface area contributed by atoms with Crippen LogP contribution >= 0.6 is 0 Å². The highest BCUT2D eigenvalue weighted by atomic mass is 19.4. The third-order valence-electron chi connectivity index (χ3n) is 14.0. The van der Waals surface area contributed by atoms with E-state index in [4.69, 9.17) is 4.74 Å². The molecule has 8 nitrogen and oxygen atoms in total. The second-order valence-corrected chi connectivity index (χ2v) is 19.3. The van der Waals surface area contributed by atoms with E-state index < -0.39 is 69.9 Å². The molecule has 1 spiro atoms. The number of carbonyl (C=O) groups excluding carboxylic acids is 3. The van der Waals surface area contributed by atoms with Gasteiger partial charge in [0.2, 0.25) is 5.91 Å². The van der Waals surface area contributed by atoms with Gasteiger partial charge in [0.05, 0.1) is 43.0 Å². The van der Waals surface area contributed by atoms with Gasteiger partial charge in [-0.2, -0.15) is 44.6 Å². The quantitative estimate of drug-likeness (QED) is 0.134. The number of nitrogens with zero attached hydrogens (tertiary/aromatic N) is 4. The number of halogens is 9. The van der Waals surface area contributed by atoms with E-state index in [1.807, 2.05) is 33.8 Å². The number of ether oxygens (including phenoxy) is 1. The lowest BCUT2D eigenvalue weighted by molar-refractivity contribution is -0.205. The molecule has 0 bridgehead atoms. The monoisotopic (exact) mass is 896 g/mol. The van der Waals surface area contributed by atoms with Gasteiger partial charge in [0.25, 0.3) is 5.91 Å². The van der Waals surface area contributed by atoms with E-state index in [9.17, 15) is 53.9 Å². The van der Waals surface area contributed by atoms with E-state index in [0.29, 0.717) is 28.7 Å². The van der Waals surface area contributed by atoms with E-state index in [1.165, 1.54) is 34.1 Å². The Bertz CT molecular complexity index is 2150. The Morgan fingerprint density at radius 1 is 0.857 bits per heavy atom. The van der Waals surface area contributed by atoms with Gasteiger partial charge in [-0.1, -0.05) is 58.0 Å². The predicted molar refractivity (Wildman–Crippen MR) is 213 cm³/mol. The zero-order valence-corrected chi connectivity index (χ0v) is 35.7. The number of hydrogen-bond acceptors (Lipinski definition) is 5. The molecule has 3 heterocycles. The summed E-state index contributed by atoms with van der Waals surface area (Å²) in [6.07, 6.45) is -10.3. The van der Waals surface area contributed by atoms with Crippen molar-refractivity contribution >= 4 is 17.6 Å². The van der Waals surface area contributed by atoms with Crippen molar-refractivity contribution in [3.8, 4) is 0 Å². The van der Waals surface area contributed by atoms with Gasteiger partial charge in [-0.3, -0.25) is 19.1 Å². The lowest BCUT2D eigenvalue weighted by Gasteiger charge is -2.51. The van der Waals surface area contributed by atoms with Crippen molar-refractivity contribution in [2.45, 2.75) is 110 Å². The topological polar surface area (TPSA) is 84.7 Å². The number of likely N-dealkylation sites (tertiary alicyclic amines) is 2. The fourth-order valence-electron chi connectivity index (χ4n) is 10.2. The summed E-state index contributed by atoms with van der Waals surface area (Å²) in [5.74, 6) is -4.02. The van der Waals surface area contributed by atoms with Gasteiger partial charge in [-0.25, -0.2) is 0 Å². The summed E-state index contributed by atoms with van der Waals surface area (Å²) in [4.78, 5) is 44.5. The number of Topliss-reactive ketones (excluding diaryl/α,β-unsaturated/α-hetero) is 1. The van der Waals surface area contributed by atoms with Crippen LogP contribution in [0, 0.1) is 34.0 Å². The zero-order valence-electron chi connectivity index (χ0n) is 35.7. The minimum atomic E-state index is -4.70. The van der Waals surface area contributed by atoms with Crippen molar-refractivity contribution in [2.75, 3.05) is 32.8 Å². The average Bonchev–Trinajstić information content (AvgIpc) is 3.76. The fraction of sp³-hybridized carbons (Fsp3) is 0.609. The van der Waals surface area contributed by atoms with E-state index in [0.717, 1.165) is 12.1 Å². The first-order chi connectivity index (χ1) is 29.4. The first-order valence-electron chi connectivity index (χ1n) is 21.5. The Morgan fingerprint density at radius 2 is 1.49 bits per heavy atom. The normalized spacial score (nSPS) is 22.8. The average molecular weight is 897 g/mol. The summed E-state index contributed by atoms with van der Waals surface area (Å²) in [5.41, 5.74) is -2.01. The number of amides is 2. The van der Waals surface area contributed by atoms with Gasteiger partial charge in [-0.05, 0) is 85.1 Å². The van der Waals surface area contributed by atoms with Gasteiger partial charge in [0, 0.05) is 55.2 Å². The maximum Gasteiger partial charge on any atom is 0.416 e. The standard InChI is InChI=1S/C46H53F9N4O4/c1-5-36(41(2,3)4)38(60)37-30(7-6-8-35(37)29-11-15-33(16-12-29)45(50,51)52)23-63-24-34-22-57(25-42(34)26-58(27-42)40(62)43(17-18-43)46(53,54)55)39(61)31-19-56-59(21-31)20-28-9-13-32(14-10-28)44(47,48)49/h6-10,13-14,19,21,29,33-34,36H,5,11-12,15-18,20,22-27H2,1-4H3. The summed E-state index contributed by atoms with van der Waals surface area (Å²) >= 11 is 0. The van der Waals surface area contributed by atoms with E-state index in [-0.39, 0.29) is 102 Å². The Hall–Kier alpha value is -4.41. The first kappa shape index (κ1) is 46.6. The highest BCUT2D eigenvalue weighted by Crippen LogP contribution is 2.60. The second-order valence-electron chi connectivity index (χ2n) is 19.3. The van der Waals surface area contributed by atoms with Crippen LogP contribution in [0.1, 0.15) is 122 Å². The van der Waals surface area contributed by atoms with Crippen molar-refractivity contribution in [1.29, 1.82) is 0 Å². The summed E-state index contributed by atoms with van der Waals surface area (Å²) in [5, 5.41) is 4.24. The molecule has 2 aliphatic heterocycles. The van der Waals surface area contributed by atoms with Gasteiger partial charge in [0.15, 0.2) is 5.78 Å². The minimum Gasteiger partial charge on any atom is -0.376 e. The molecule has 63 heavy (non-hydrogen) atoms. The van der Waals surface area contributed by atoms with Crippen LogP contribution in [-0.2, 0) is 28.9 Å². The van der Waals surface area contributed by atoms with Crippen molar-refractivity contribution in [1.82, 2.24) is 19.6 Å².